The summed E-state index contributed by atoms with van der Waals surface area (Å²) in [5.74, 6) is -5.03. The van der Waals surface area contributed by atoms with Crippen molar-refractivity contribution in [3.05, 3.63) is 113 Å². The fourth-order valence-electron chi connectivity index (χ4n) is 8.68. The highest BCUT2D eigenvalue weighted by molar-refractivity contribution is 7.91. The van der Waals surface area contributed by atoms with E-state index in [2.05, 4.69) is 6.58 Å². The smallest absolute Gasteiger partial charge is 0.335 e. The zero-order chi connectivity index (χ0) is 46.1. The van der Waals surface area contributed by atoms with Crippen LogP contribution in [0.3, 0.4) is 0 Å². The molecule has 15 heteroatoms. The Balaban J connectivity index is 1.52. The lowest BCUT2D eigenvalue weighted by atomic mass is 9.79. The first-order chi connectivity index (χ1) is 29.8. The van der Waals surface area contributed by atoms with Crippen LogP contribution in [0.1, 0.15) is 97.6 Å². The van der Waals surface area contributed by atoms with E-state index >= 15 is 0 Å². The maximum atomic E-state index is 14.2. The Labute approximate surface area is 369 Å². The van der Waals surface area contributed by atoms with Crippen molar-refractivity contribution in [3.63, 3.8) is 0 Å². The quantitative estimate of drug-likeness (QED) is 0.0662. The summed E-state index contributed by atoms with van der Waals surface area (Å²) in [5.41, 5.74) is -0.421. The molecule has 0 aromatic heterocycles. The predicted molar refractivity (Wildman–Crippen MR) is 232 cm³/mol. The molecule has 63 heavy (non-hydrogen) atoms. The highest BCUT2D eigenvalue weighted by Crippen LogP contribution is 2.44. The van der Waals surface area contributed by atoms with E-state index in [-0.39, 0.29) is 66.6 Å². The van der Waals surface area contributed by atoms with Crippen LogP contribution in [0.25, 0.3) is 0 Å². The van der Waals surface area contributed by atoms with E-state index in [0.717, 1.165) is 0 Å². The van der Waals surface area contributed by atoms with Crippen LogP contribution in [-0.2, 0) is 54.3 Å². The molecule has 342 valence electrons. The van der Waals surface area contributed by atoms with Crippen molar-refractivity contribution in [2.75, 3.05) is 33.2 Å². The lowest BCUT2D eigenvalue weighted by Gasteiger charge is -2.44. The number of aromatic carboxylic acids is 2. The summed E-state index contributed by atoms with van der Waals surface area (Å²) in [5, 5.41) is 20.4. The van der Waals surface area contributed by atoms with Crippen molar-refractivity contribution in [2.24, 2.45) is 11.3 Å². The second-order valence-corrected chi connectivity index (χ2v) is 19.6. The van der Waals surface area contributed by atoms with Gasteiger partial charge in [-0.25, -0.2) is 22.8 Å². The first-order valence-corrected chi connectivity index (χ1v) is 22.7. The van der Waals surface area contributed by atoms with E-state index in [9.17, 15) is 37.8 Å². The molecule has 5 rings (SSSR count). The number of sulfone groups is 1. The number of carbonyl (C=O) groups excluding carboxylic acids is 2. The van der Waals surface area contributed by atoms with Gasteiger partial charge >= 0.3 is 23.9 Å². The van der Waals surface area contributed by atoms with Gasteiger partial charge in [0.1, 0.15) is 12.2 Å². The topological polar surface area (TPSA) is 198 Å². The zero-order valence-electron chi connectivity index (χ0n) is 36.8. The molecule has 3 aromatic carbocycles. The van der Waals surface area contributed by atoms with Crippen molar-refractivity contribution in [2.45, 2.75) is 113 Å². The molecule has 2 saturated heterocycles. The molecule has 0 bridgehead atoms. The largest absolute Gasteiger partial charge is 0.478 e. The van der Waals surface area contributed by atoms with Crippen LogP contribution in [0.4, 0.5) is 0 Å². The first kappa shape index (κ1) is 49.1. The van der Waals surface area contributed by atoms with Gasteiger partial charge in [-0.15, -0.1) is 0 Å². The molecule has 2 heterocycles. The Kier molecular flexibility index (Phi) is 16.5. The van der Waals surface area contributed by atoms with Crippen LogP contribution in [0.5, 0.6) is 0 Å². The van der Waals surface area contributed by atoms with E-state index in [4.69, 9.17) is 28.4 Å². The minimum atomic E-state index is -3.94. The van der Waals surface area contributed by atoms with Gasteiger partial charge in [0.2, 0.25) is 0 Å². The summed E-state index contributed by atoms with van der Waals surface area (Å²) >= 11 is 0. The van der Waals surface area contributed by atoms with Gasteiger partial charge in [-0.05, 0) is 100 Å². The predicted octanol–water partition coefficient (Wildman–Crippen LogP) is 7.09. The Hall–Kier alpha value is -4.93. The number of rotatable bonds is 20. The number of carbonyl (C=O) groups is 4. The summed E-state index contributed by atoms with van der Waals surface area (Å²) in [6.07, 6.45) is -2.33. The van der Waals surface area contributed by atoms with Crippen LogP contribution in [0.15, 0.2) is 95.9 Å². The standard InChI is InChI=1S/C48H60O14S/c1-30-39(60-33(17-15-23-59-46(54)47(2,3)4)27-48(30,5)62-42(49)28-57-6)26-40-38(29-63(55,56)34-18-9-8-10-19-34)43(58-7)41(61-40)25-32(35-20-13-14-22-37(35)45(52)53)24-31-16-11-12-21-36(31)44(50)51/h8-14,16,18-22,32-33,38-41,43H,1,15,17,23-29H2,2-7H3,(H,50,51)(H,52,53)/t32-,33-,38-,39+,40-,41+,43+,48+/m0/s1. The molecule has 0 saturated carbocycles. The van der Waals surface area contributed by atoms with Crippen LogP contribution >= 0.6 is 0 Å². The van der Waals surface area contributed by atoms with E-state index < -0.39 is 81.1 Å². The Morgan fingerprint density at radius 3 is 2.16 bits per heavy atom. The monoisotopic (exact) mass is 892 g/mol. The summed E-state index contributed by atoms with van der Waals surface area (Å²) in [7, 11) is -1.09. The van der Waals surface area contributed by atoms with Gasteiger partial charge < -0.3 is 38.6 Å². The van der Waals surface area contributed by atoms with Crippen molar-refractivity contribution >= 4 is 33.7 Å². The van der Waals surface area contributed by atoms with Gasteiger partial charge in [0, 0.05) is 33.0 Å². The van der Waals surface area contributed by atoms with Gasteiger partial charge in [0.15, 0.2) is 9.84 Å². The molecule has 3 aromatic rings. The molecule has 0 unspecified atom stereocenters. The Morgan fingerprint density at radius 1 is 0.889 bits per heavy atom. The fraction of sp³-hybridized carbons (Fsp3) is 0.500. The molecular formula is C48H60O14S. The lowest BCUT2D eigenvalue weighted by Crippen LogP contribution is -2.50. The van der Waals surface area contributed by atoms with E-state index in [1.54, 1.807) is 82.3 Å². The number of hydrogen-bond donors (Lipinski definition) is 2. The van der Waals surface area contributed by atoms with E-state index in [1.807, 2.05) is 0 Å². The Morgan fingerprint density at radius 2 is 1.52 bits per heavy atom. The molecule has 0 spiro atoms. The number of esters is 2. The van der Waals surface area contributed by atoms with Crippen LogP contribution in [-0.4, -0.2) is 112 Å². The summed E-state index contributed by atoms with van der Waals surface area (Å²) in [4.78, 5) is 50.4. The van der Waals surface area contributed by atoms with Gasteiger partial charge in [0.25, 0.3) is 0 Å². The number of ether oxygens (including phenoxy) is 6. The van der Waals surface area contributed by atoms with Gasteiger partial charge in [-0.3, -0.25) is 4.79 Å². The molecule has 2 aliphatic rings. The molecule has 0 aliphatic carbocycles. The number of methoxy groups -OCH3 is 2. The second-order valence-electron chi connectivity index (χ2n) is 17.5. The van der Waals surface area contributed by atoms with Crippen molar-refractivity contribution in [3.8, 4) is 0 Å². The molecule has 2 N–H and O–H groups in total. The molecule has 0 radical (unpaired) electrons. The number of carboxylic acid groups (broad SMARTS) is 2. The molecule has 8 atom stereocenters. The minimum absolute atomic E-state index is 0.0375. The van der Waals surface area contributed by atoms with Gasteiger partial charge in [-0.1, -0.05) is 61.2 Å². The lowest BCUT2D eigenvalue weighted by molar-refractivity contribution is -0.173. The van der Waals surface area contributed by atoms with Crippen LogP contribution in [0, 0.1) is 11.3 Å². The third kappa shape index (κ3) is 12.4. The van der Waals surface area contributed by atoms with E-state index in [1.165, 1.54) is 38.5 Å². The average molecular weight is 893 g/mol. The maximum Gasteiger partial charge on any atom is 0.335 e. The minimum Gasteiger partial charge on any atom is -0.478 e. The third-order valence-corrected chi connectivity index (χ3v) is 13.7. The van der Waals surface area contributed by atoms with Crippen LogP contribution < -0.4 is 0 Å². The highest BCUT2D eigenvalue weighted by Gasteiger charge is 2.51. The number of benzene rings is 3. The Bertz CT molecular complexity index is 2200. The normalized spacial score (nSPS) is 24.4. The second kappa shape index (κ2) is 21.2. The third-order valence-electron chi connectivity index (χ3n) is 11.9. The SMILES string of the molecule is C=C1[C@@H](C[C@@H]2O[C@H](C[C@H](Cc3ccccc3C(=O)O)c3ccccc3C(=O)O)[C@H](OC)[C@H]2CS(=O)(=O)c2ccccc2)O[C@@H](CCCOC(=O)C(C)(C)C)C[C@@]1(C)OC(=O)COC. The highest BCUT2D eigenvalue weighted by atomic mass is 32.2. The molecule has 2 fully saturated rings. The molecule has 2 aliphatic heterocycles. The van der Waals surface area contributed by atoms with Crippen molar-refractivity contribution < 1.29 is 66.2 Å². The number of hydrogen-bond acceptors (Lipinski definition) is 12. The molecule has 14 nitrogen and oxygen atoms in total. The van der Waals surface area contributed by atoms with Gasteiger partial charge in [-0.2, -0.15) is 0 Å². The summed E-state index contributed by atoms with van der Waals surface area (Å²) in [6, 6.07) is 21.1. The average Bonchev–Trinajstić information content (AvgIpc) is 3.54. The summed E-state index contributed by atoms with van der Waals surface area (Å²) < 4.78 is 64.7. The van der Waals surface area contributed by atoms with Crippen molar-refractivity contribution in [1.82, 2.24) is 0 Å². The van der Waals surface area contributed by atoms with Gasteiger partial charge in [0.05, 0.1) is 64.3 Å². The molecular weight excluding hydrogens is 833 g/mol. The maximum absolute atomic E-state index is 14.2. The number of carboxylic acids is 2. The molecule has 0 amide bonds. The first-order valence-electron chi connectivity index (χ1n) is 21.1. The fourth-order valence-corrected chi connectivity index (χ4v) is 10.4. The van der Waals surface area contributed by atoms with E-state index in [0.29, 0.717) is 29.5 Å². The zero-order valence-corrected chi connectivity index (χ0v) is 37.6. The van der Waals surface area contributed by atoms with Crippen molar-refractivity contribution in [1.29, 1.82) is 0 Å². The summed E-state index contributed by atoms with van der Waals surface area (Å²) in [6.45, 7) is 11.3. The van der Waals surface area contributed by atoms with Crippen LogP contribution in [0.2, 0.25) is 0 Å².